The molecule has 0 aliphatic carbocycles. The average molecular weight is 545 g/mol. The third kappa shape index (κ3) is 6.96. The zero-order valence-electron chi connectivity index (χ0n) is 19.7. The number of amides is 1. The van der Waals surface area contributed by atoms with Gasteiger partial charge in [-0.05, 0) is 53.1 Å². The van der Waals surface area contributed by atoms with Crippen LogP contribution in [-0.4, -0.2) is 19.2 Å². The van der Waals surface area contributed by atoms with Gasteiger partial charge in [0.2, 0.25) is 0 Å². The van der Waals surface area contributed by atoms with Gasteiger partial charge in [0, 0.05) is 4.47 Å². The molecule has 0 aliphatic heterocycles. The molecule has 1 amide bonds. The molecule has 0 saturated heterocycles. The van der Waals surface area contributed by atoms with Crippen LogP contribution in [0.3, 0.4) is 0 Å². The van der Waals surface area contributed by atoms with Crippen molar-refractivity contribution in [1.29, 1.82) is 0 Å². The minimum atomic E-state index is -0.384. The molecule has 36 heavy (non-hydrogen) atoms. The van der Waals surface area contributed by atoms with Crippen molar-refractivity contribution in [2.75, 3.05) is 7.11 Å². The number of hydrogen-bond acceptors (Lipinski definition) is 5. The number of benzene rings is 4. The number of nitrogens with zero attached hydrogens (tertiary/aromatic N) is 1. The molecule has 182 valence electrons. The van der Waals surface area contributed by atoms with Gasteiger partial charge >= 0.3 is 0 Å². The van der Waals surface area contributed by atoms with E-state index in [4.69, 9.17) is 14.2 Å². The molecule has 1 N–H and O–H groups in total. The van der Waals surface area contributed by atoms with Crippen molar-refractivity contribution in [2.45, 2.75) is 13.2 Å². The number of carbonyl (C=O) groups is 1. The lowest BCUT2D eigenvalue weighted by Crippen LogP contribution is -2.19. The lowest BCUT2D eigenvalue weighted by molar-refractivity contribution is 0.0950. The van der Waals surface area contributed by atoms with Gasteiger partial charge in [-0.1, -0.05) is 76.6 Å². The van der Waals surface area contributed by atoms with Crippen LogP contribution in [0.2, 0.25) is 0 Å². The van der Waals surface area contributed by atoms with Crippen LogP contribution >= 0.6 is 15.9 Å². The second-order valence-corrected chi connectivity index (χ2v) is 8.71. The highest BCUT2D eigenvalue weighted by atomic mass is 79.9. The summed E-state index contributed by atoms with van der Waals surface area (Å²) in [6.07, 6.45) is 1.55. The lowest BCUT2D eigenvalue weighted by Gasteiger charge is -2.12. The third-order valence-corrected chi connectivity index (χ3v) is 5.72. The van der Waals surface area contributed by atoms with Crippen molar-refractivity contribution in [1.82, 2.24) is 5.43 Å². The van der Waals surface area contributed by atoms with Crippen LogP contribution in [0.25, 0.3) is 0 Å². The van der Waals surface area contributed by atoms with Gasteiger partial charge in [0.25, 0.3) is 5.91 Å². The summed E-state index contributed by atoms with van der Waals surface area (Å²) in [7, 11) is 1.58. The molecule has 0 radical (unpaired) electrons. The number of rotatable bonds is 10. The summed E-state index contributed by atoms with van der Waals surface area (Å²) < 4.78 is 18.0. The zero-order chi connectivity index (χ0) is 25.2. The molecule has 0 fully saturated rings. The topological polar surface area (TPSA) is 69.2 Å². The summed E-state index contributed by atoms with van der Waals surface area (Å²) in [5.74, 6) is 1.28. The Morgan fingerprint density at radius 2 is 1.42 bits per heavy atom. The molecule has 4 rings (SSSR count). The van der Waals surface area contributed by atoms with E-state index in [0.29, 0.717) is 36.0 Å². The maximum absolute atomic E-state index is 12.8. The molecule has 4 aromatic rings. The van der Waals surface area contributed by atoms with Crippen LogP contribution in [0.5, 0.6) is 17.2 Å². The molecular weight excluding hydrogens is 520 g/mol. The number of halogens is 1. The van der Waals surface area contributed by atoms with Crippen molar-refractivity contribution < 1.29 is 19.0 Å². The first kappa shape index (κ1) is 25.0. The summed E-state index contributed by atoms with van der Waals surface area (Å²) in [6.45, 7) is 0.784. The largest absolute Gasteiger partial charge is 0.493 e. The van der Waals surface area contributed by atoms with Crippen molar-refractivity contribution in [2.24, 2.45) is 5.10 Å². The van der Waals surface area contributed by atoms with E-state index in [-0.39, 0.29) is 5.91 Å². The molecule has 0 atom stereocenters. The Morgan fingerprint density at radius 3 is 2.06 bits per heavy atom. The molecule has 0 heterocycles. The fourth-order valence-electron chi connectivity index (χ4n) is 3.39. The highest BCUT2D eigenvalue weighted by molar-refractivity contribution is 9.10. The quantitative estimate of drug-likeness (QED) is 0.186. The highest BCUT2D eigenvalue weighted by Crippen LogP contribution is 2.28. The van der Waals surface area contributed by atoms with Gasteiger partial charge in [-0.25, -0.2) is 5.43 Å². The molecule has 0 aliphatic rings. The van der Waals surface area contributed by atoms with Gasteiger partial charge in [0.05, 0.1) is 18.9 Å². The second kappa shape index (κ2) is 12.6. The summed E-state index contributed by atoms with van der Waals surface area (Å²) in [6, 6.07) is 30.4. The van der Waals surface area contributed by atoms with Crippen molar-refractivity contribution >= 4 is 28.1 Å². The van der Waals surface area contributed by atoms with E-state index in [9.17, 15) is 4.79 Å². The van der Waals surface area contributed by atoms with Crippen LogP contribution in [0.4, 0.5) is 0 Å². The van der Waals surface area contributed by atoms with Gasteiger partial charge in [-0.15, -0.1) is 0 Å². The van der Waals surface area contributed by atoms with Gasteiger partial charge < -0.3 is 14.2 Å². The maximum Gasteiger partial charge on any atom is 0.275 e. The monoisotopic (exact) mass is 544 g/mol. The van der Waals surface area contributed by atoms with E-state index in [1.54, 1.807) is 31.5 Å². The highest BCUT2D eigenvalue weighted by Gasteiger charge is 2.13. The Kier molecular flexibility index (Phi) is 8.72. The smallest absolute Gasteiger partial charge is 0.275 e. The van der Waals surface area contributed by atoms with E-state index in [1.165, 1.54) is 0 Å². The fraction of sp³-hybridized carbons (Fsp3) is 0.103. The minimum absolute atomic E-state index is 0.352. The molecule has 0 aromatic heterocycles. The third-order valence-electron chi connectivity index (χ3n) is 5.23. The van der Waals surface area contributed by atoms with Crippen molar-refractivity contribution in [3.63, 3.8) is 0 Å². The Morgan fingerprint density at radius 1 is 0.806 bits per heavy atom. The molecule has 0 unspecified atom stereocenters. The molecule has 7 heteroatoms. The Labute approximate surface area is 218 Å². The van der Waals surface area contributed by atoms with Crippen LogP contribution < -0.4 is 19.6 Å². The van der Waals surface area contributed by atoms with Crippen LogP contribution in [0.1, 0.15) is 27.0 Å². The first-order chi connectivity index (χ1) is 17.6. The van der Waals surface area contributed by atoms with E-state index in [1.807, 2.05) is 78.9 Å². The average Bonchev–Trinajstić information content (AvgIpc) is 2.92. The van der Waals surface area contributed by atoms with Gasteiger partial charge in [0.1, 0.15) is 19.0 Å². The zero-order valence-corrected chi connectivity index (χ0v) is 21.3. The predicted molar refractivity (Wildman–Crippen MR) is 144 cm³/mol. The summed E-state index contributed by atoms with van der Waals surface area (Å²) in [5, 5.41) is 4.11. The summed E-state index contributed by atoms with van der Waals surface area (Å²) in [4.78, 5) is 12.8. The Hall–Kier alpha value is -4.10. The number of ether oxygens (including phenoxy) is 3. The Balaban J connectivity index is 1.39. The molecule has 0 spiro atoms. The molecule has 6 nitrogen and oxygen atoms in total. The fourth-order valence-corrected chi connectivity index (χ4v) is 3.75. The van der Waals surface area contributed by atoms with Gasteiger partial charge in [0.15, 0.2) is 11.5 Å². The molecular formula is C29H25BrN2O4. The number of hydrazone groups is 1. The van der Waals surface area contributed by atoms with Crippen LogP contribution in [0.15, 0.2) is 107 Å². The predicted octanol–water partition coefficient (Wildman–Crippen LogP) is 6.38. The second-order valence-electron chi connectivity index (χ2n) is 7.80. The minimum Gasteiger partial charge on any atom is -0.493 e. The molecule has 4 aromatic carbocycles. The van der Waals surface area contributed by atoms with E-state index in [2.05, 4.69) is 26.5 Å². The van der Waals surface area contributed by atoms with Gasteiger partial charge in [-0.2, -0.15) is 5.10 Å². The lowest BCUT2D eigenvalue weighted by atomic mass is 10.2. The number of hydrogen-bond donors (Lipinski definition) is 1. The van der Waals surface area contributed by atoms with E-state index >= 15 is 0 Å². The van der Waals surface area contributed by atoms with E-state index < -0.39 is 0 Å². The first-order valence-electron chi connectivity index (χ1n) is 11.3. The van der Waals surface area contributed by atoms with Crippen LogP contribution in [-0.2, 0) is 13.2 Å². The first-order valence-corrected chi connectivity index (χ1v) is 12.1. The number of nitrogens with one attached hydrogen (secondary N) is 1. The van der Waals surface area contributed by atoms with Gasteiger partial charge in [-0.3, -0.25) is 4.79 Å². The van der Waals surface area contributed by atoms with E-state index in [0.717, 1.165) is 21.2 Å². The molecule has 0 saturated carbocycles. The SMILES string of the molecule is COc1cc(C=NNC(=O)c2cc(Br)ccc2OCc2ccccc2)ccc1OCc1ccccc1. The standard InChI is InChI=1S/C29H25BrN2O4/c1-34-28-16-23(12-14-27(28)36-20-22-10-6-3-7-11-22)18-31-32-29(33)25-17-24(30)13-15-26(25)35-19-21-8-4-2-5-9-21/h2-18H,19-20H2,1H3,(H,32,33). The van der Waals surface area contributed by atoms with Crippen molar-refractivity contribution in [3.8, 4) is 17.2 Å². The normalized spacial score (nSPS) is 10.7. The van der Waals surface area contributed by atoms with Crippen molar-refractivity contribution in [3.05, 3.63) is 124 Å². The number of methoxy groups -OCH3 is 1. The Bertz CT molecular complexity index is 1330. The number of carbonyl (C=O) groups excluding carboxylic acids is 1. The maximum atomic E-state index is 12.8. The van der Waals surface area contributed by atoms with Crippen LogP contribution in [0, 0.1) is 0 Å². The summed E-state index contributed by atoms with van der Waals surface area (Å²) >= 11 is 3.42. The molecule has 0 bridgehead atoms. The summed E-state index contributed by atoms with van der Waals surface area (Å²) in [5.41, 5.74) is 5.76.